The molecule has 45 heavy (non-hydrogen) atoms. The van der Waals surface area contributed by atoms with Crippen molar-refractivity contribution >= 4 is 29.6 Å². The van der Waals surface area contributed by atoms with Gasteiger partial charge in [-0.25, -0.2) is 4.79 Å². The number of phenolic OH excluding ortho intramolecular Hbond substituents is 1. The van der Waals surface area contributed by atoms with Gasteiger partial charge in [0, 0.05) is 47.9 Å². The van der Waals surface area contributed by atoms with Gasteiger partial charge < -0.3 is 44.5 Å². The number of carbonyl (C=O) groups is 3. The fourth-order valence-corrected chi connectivity index (χ4v) is 9.25. The van der Waals surface area contributed by atoms with Gasteiger partial charge in [0.25, 0.3) is 0 Å². The maximum absolute atomic E-state index is 13.3. The molecule has 2 saturated heterocycles. The molecule has 5 heterocycles. The molecule has 0 aliphatic carbocycles. The van der Waals surface area contributed by atoms with Crippen molar-refractivity contribution in [1.29, 1.82) is 0 Å². The number of benzene rings is 2. The number of methoxy groups -OCH3 is 1. The Kier molecular flexibility index (Phi) is 7.30. The van der Waals surface area contributed by atoms with Gasteiger partial charge in [-0.15, -0.1) is 11.8 Å². The first kappa shape index (κ1) is 30.0. The highest BCUT2D eigenvalue weighted by Gasteiger charge is 2.58. The number of rotatable bonds is 3. The third kappa shape index (κ3) is 4.52. The Morgan fingerprint density at radius 1 is 1.11 bits per heavy atom. The topological polar surface area (TPSA) is 165 Å². The van der Waals surface area contributed by atoms with Crippen LogP contribution in [0.3, 0.4) is 0 Å². The van der Waals surface area contributed by atoms with Gasteiger partial charge in [0.1, 0.15) is 24.6 Å². The van der Waals surface area contributed by atoms with Gasteiger partial charge in [-0.2, -0.15) is 0 Å². The number of nitrogens with one attached hydrogen (secondary N) is 2. The largest absolute Gasteiger partial charge is 0.504 e. The molecule has 240 valence electrons. The molecule has 2 aromatic rings. The average Bonchev–Trinajstić information content (AvgIpc) is 3.48. The highest BCUT2D eigenvalue weighted by Crippen LogP contribution is 2.62. The van der Waals surface area contributed by atoms with E-state index in [-0.39, 0.29) is 30.8 Å². The SMILES string of the molecule is COc1c(C)cc2c(c1O)[C@H]1N[C@@H](C2)[C@@H](O)N2[C@@H]1[C@@H]1SC[C@@H](NC(C)=O)C(=O)OC[C@H]2c2c3c(c(C)c(OC(C)=O)c21)OCO3. The van der Waals surface area contributed by atoms with E-state index in [9.17, 15) is 24.6 Å². The number of hydrogen-bond donors (Lipinski definition) is 4. The molecule has 1 amide bonds. The molecule has 0 spiro atoms. The lowest BCUT2D eigenvalue weighted by molar-refractivity contribution is -0.160. The minimum Gasteiger partial charge on any atom is -0.504 e. The van der Waals surface area contributed by atoms with Gasteiger partial charge in [0.15, 0.2) is 23.0 Å². The van der Waals surface area contributed by atoms with Crippen LogP contribution in [0.2, 0.25) is 0 Å². The molecule has 5 aliphatic heterocycles. The van der Waals surface area contributed by atoms with E-state index in [4.69, 9.17) is 23.7 Å². The number of aliphatic hydroxyl groups excluding tert-OH is 1. The third-order valence-electron chi connectivity index (χ3n) is 9.36. The molecule has 0 unspecified atom stereocenters. The minimum absolute atomic E-state index is 0.0163. The number of fused-ring (bicyclic) bond motifs is 9. The molecule has 4 N–H and O–H groups in total. The molecule has 7 atom stereocenters. The molecule has 2 aromatic carbocycles. The average molecular weight is 642 g/mol. The summed E-state index contributed by atoms with van der Waals surface area (Å²) in [5.41, 5.74) is 4.16. The van der Waals surface area contributed by atoms with Crippen molar-refractivity contribution in [2.45, 2.75) is 75.8 Å². The Morgan fingerprint density at radius 3 is 2.58 bits per heavy atom. The van der Waals surface area contributed by atoms with E-state index in [0.29, 0.717) is 51.7 Å². The lowest BCUT2D eigenvalue weighted by Crippen LogP contribution is -2.69. The van der Waals surface area contributed by atoms with Crippen LogP contribution in [0.25, 0.3) is 0 Å². The predicted octanol–water partition coefficient (Wildman–Crippen LogP) is 1.82. The maximum Gasteiger partial charge on any atom is 0.329 e. The van der Waals surface area contributed by atoms with Crippen LogP contribution in [0.4, 0.5) is 0 Å². The van der Waals surface area contributed by atoms with Gasteiger partial charge in [0.05, 0.1) is 30.5 Å². The molecule has 5 aliphatic rings. The highest BCUT2D eigenvalue weighted by atomic mass is 32.2. The van der Waals surface area contributed by atoms with Gasteiger partial charge in [0.2, 0.25) is 12.7 Å². The smallest absolute Gasteiger partial charge is 0.329 e. The van der Waals surface area contributed by atoms with Crippen molar-refractivity contribution in [3.8, 4) is 28.7 Å². The molecule has 7 rings (SSSR count). The Labute approximate surface area is 263 Å². The van der Waals surface area contributed by atoms with E-state index < -0.39 is 53.6 Å². The van der Waals surface area contributed by atoms with Crippen LogP contribution >= 0.6 is 11.8 Å². The molecular formula is C31H35N3O10S. The highest BCUT2D eigenvalue weighted by molar-refractivity contribution is 7.99. The van der Waals surface area contributed by atoms with Crippen molar-refractivity contribution in [2.75, 3.05) is 26.3 Å². The number of aromatic hydroxyl groups is 1. The summed E-state index contributed by atoms with van der Waals surface area (Å²) in [5.74, 6) is 0.164. The second-order valence-corrected chi connectivity index (χ2v) is 13.2. The second-order valence-electron chi connectivity index (χ2n) is 12.0. The van der Waals surface area contributed by atoms with E-state index in [2.05, 4.69) is 10.6 Å². The summed E-state index contributed by atoms with van der Waals surface area (Å²) in [6.45, 7) is 6.07. The number of aliphatic hydroxyl groups is 1. The van der Waals surface area contributed by atoms with E-state index in [1.807, 2.05) is 17.9 Å². The number of carbonyl (C=O) groups excluding carboxylic acids is 3. The van der Waals surface area contributed by atoms with Crippen LogP contribution < -0.4 is 29.6 Å². The summed E-state index contributed by atoms with van der Waals surface area (Å²) in [5, 5.41) is 29.4. The fraction of sp³-hybridized carbons (Fsp3) is 0.516. The Balaban J connectivity index is 1.50. The maximum atomic E-state index is 13.3. The van der Waals surface area contributed by atoms with Crippen molar-refractivity contribution < 1.29 is 48.3 Å². The van der Waals surface area contributed by atoms with E-state index in [1.165, 1.54) is 32.7 Å². The summed E-state index contributed by atoms with van der Waals surface area (Å²) >= 11 is 1.37. The van der Waals surface area contributed by atoms with E-state index in [0.717, 1.165) is 11.1 Å². The normalized spacial score (nSPS) is 29.6. The molecule has 13 nitrogen and oxygen atoms in total. The first-order valence-electron chi connectivity index (χ1n) is 14.8. The molecular weight excluding hydrogens is 606 g/mol. The van der Waals surface area contributed by atoms with E-state index in [1.54, 1.807) is 6.92 Å². The number of thioether (sulfide) groups is 1. The number of hydrogen-bond acceptors (Lipinski definition) is 13. The zero-order chi connectivity index (χ0) is 31.9. The van der Waals surface area contributed by atoms with Gasteiger partial charge in [-0.05, 0) is 31.4 Å². The van der Waals surface area contributed by atoms with Crippen molar-refractivity contribution in [2.24, 2.45) is 0 Å². The summed E-state index contributed by atoms with van der Waals surface area (Å²) in [6.07, 6.45) is -0.605. The van der Waals surface area contributed by atoms with Crippen molar-refractivity contribution in [3.05, 3.63) is 39.4 Å². The molecule has 0 radical (unpaired) electrons. The number of cyclic esters (lactones) is 1. The Bertz CT molecular complexity index is 1630. The molecule has 2 fully saturated rings. The number of esters is 2. The zero-order valence-electron chi connectivity index (χ0n) is 25.5. The number of amides is 1. The van der Waals surface area contributed by atoms with E-state index >= 15 is 0 Å². The molecule has 14 heteroatoms. The summed E-state index contributed by atoms with van der Waals surface area (Å²) in [4.78, 5) is 39.8. The predicted molar refractivity (Wildman–Crippen MR) is 160 cm³/mol. The number of ether oxygens (including phenoxy) is 5. The molecule has 4 bridgehead atoms. The van der Waals surface area contributed by atoms with Crippen LogP contribution in [0, 0.1) is 13.8 Å². The minimum atomic E-state index is -1.04. The fourth-order valence-electron chi connectivity index (χ4n) is 7.73. The van der Waals surface area contributed by atoms with Crippen LogP contribution in [0.5, 0.6) is 28.7 Å². The second kappa shape index (κ2) is 11.0. The lowest BCUT2D eigenvalue weighted by atomic mass is 9.74. The van der Waals surface area contributed by atoms with Crippen molar-refractivity contribution in [3.63, 3.8) is 0 Å². The van der Waals surface area contributed by atoms with Gasteiger partial charge in [-0.1, -0.05) is 6.07 Å². The first-order chi connectivity index (χ1) is 21.5. The number of nitrogens with zero attached hydrogens (tertiary/aromatic N) is 1. The van der Waals surface area contributed by atoms with Crippen LogP contribution in [-0.2, 0) is 25.5 Å². The quantitative estimate of drug-likeness (QED) is 0.284. The lowest BCUT2D eigenvalue weighted by Gasteiger charge is -2.59. The summed E-state index contributed by atoms with van der Waals surface area (Å²) in [6, 6.07) is -1.21. The number of piperazine rings is 1. The first-order valence-corrected chi connectivity index (χ1v) is 15.9. The third-order valence-corrected chi connectivity index (χ3v) is 10.8. The standard InChI is InChI=1S/C31H35N3O10S/c1-11-6-15-7-16-30(38)34-18-8-41-31(39)17(32-13(3)35)9-45-29(23(34)22(33-16)19(15)24(37)25(11)40-5)21-20(18)28-27(42-10-43-28)12(2)26(21)44-14(4)36/h6,16-18,22-23,29-30,33,37-38H,7-10H2,1-5H3,(H,32,35)/t16-,17+,18-,22+,23-,29+,30+/m0/s1. The number of aryl methyl sites for hydroxylation is 1. The summed E-state index contributed by atoms with van der Waals surface area (Å²) < 4.78 is 29.3. The van der Waals surface area contributed by atoms with Crippen molar-refractivity contribution in [1.82, 2.24) is 15.5 Å². The zero-order valence-corrected chi connectivity index (χ0v) is 26.3. The van der Waals surface area contributed by atoms with Gasteiger partial charge in [-0.3, -0.25) is 14.5 Å². The van der Waals surface area contributed by atoms with Gasteiger partial charge >= 0.3 is 11.9 Å². The Hall–Kier alpha value is -3.72. The molecule has 0 saturated carbocycles. The summed E-state index contributed by atoms with van der Waals surface area (Å²) in [7, 11) is 1.51. The van der Waals surface area contributed by atoms with Crippen LogP contribution in [0.15, 0.2) is 6.07 Å². The monoisotopic (exact) mass is 641 g/mol. The number of phenols is 1. The Morgan fingerprint density at radius 2 is 1.87 bits per heavy atom. The van der Waals surface area contributed by atoms with Crippen LogP contribution in [-0.4, -0.2) is 83.6 Å². The van der Waals surface area contributed by atoms with Crippen LogP contribution in [0.1, 0.15) is 64.6 Å². The molecule has 0 aromatic heterocycles.